The van der Waals surface area contributed by atoms with Crippen molar-refractivity contribution in [3.63, 3.8) is 0 Å². The highest BCUT2D eigenvalue weighted by Gasteiger charge is 2.53. The molecule has 24 heteroatoms. The van der Waals surface area contributed by atoms with E-state index in [1.54, 1.807) is 0 Å². The highest BCUT2D eigenvalue weighted by Crippen LogP contribution is 2.50. The van der Waals surface area contributed by atoms with Crippen molar-refractivity contribution >= 4 is 42.8 Å². The Morgan fingerprint density at radius 3 is 2.28 bits per heavy atom. The first-order valence-corrected chi connectivity index (χ1v) is 14.7. The number of hydrogen-bond donors (Lipinski definition) is 6. The zero-order chi connectivity index (χ0) is 33.5. The van der Waals surface area contributed by atoms with Crippen molar-refractivity contribution in [2.24, 2.45) is 0 Å². The van der Waals surface area contributed by atoms with Gasteiger partial charge in [-0.1, -0.05) is 0 Å². The van der Waals surface area contributed by atoms with E-state index in [9.17, 15) is 38.8 Å². The Bertz CT molecular complexity index is 1800. The van der Waals surface area contributed by atoms with Crippen LogP contribution in [-0.2, 0) is 42.1 Å². The van der Waals surface area contributed by atoms with Crippen LogP contribution in [0.25, 0.3) is 11.2 Å². The number of aliphatic hydroxyl groups is 2. The summed E-state index contributed by atoms with van der Waals surface area (Å²) in [7, 11) is -5.18. The number of imidazole rings is 1. The lowest BCUT2D eigenvalue weighted by atomic mass is 10.1. The van der Waals surface area contributed by atoms with Crippen LogP contribution in [0.2, 0.25) is 0 Å². The summed E-state index contributed by atoms with van der Waals surface area (Å²) in [6.07, 6.45) is -10.1. The van der Waals surface area contributed by atoms with Gasteiger partial charge in [0.2, 0.25) is 11.9 Å². The molecule has 0 aliphatic carbocycles. The van der Waals surface area contributed by atoms with E-state index in [4.69, 9.17) is 39.5 Å². The summed E-state index contributed by atoms with van der Waals surface area (Å²) in [6, 6.07) is 0. The molecule has 2 saturated heterocycles. The fraction of sp³-hybridized carbons (Fsp3) is 0.545. The minimum absolute atomic E-state index is 0.0981. The number of nitrogen functional groups attached to an aromatic ring is 2. The molecule has 1 unspecified atom stereocenters. The second-order valence-corrected chi connectivity index (χ2v) is 11.4. The van der Waals surface area contributed by atoms with Crippen LogP contribution in [-0.4, -0.2) is 111 Å². The van der Waals surface area contributed by atoms with Gasteiger partial charge in [0.1, 0.15) is 30.7 Å². The predicted octanol–water partition coefficient (Wildman–Crippen LogP) is -3.55. The number of carbonyl (C=O) groups excluding carboxylic acids is 2. The van der Waals surface area contributed by atoms with Gasteiger partial charge in [-0.05, 0) is 0 Å². The number of fused-ring (bicyclic) bond motifs is 1. The number of aromatic amines is 1. The summed E-state index contributed by atoms with van der Waals surface area (Å²) in [5, 5.41) is 20.8. The van der Waals surface area contributed by atoms with Crippen molar-refractivity contribution in [3.8, 4) is 0 Å². The number of H-pyrrole nitrogens is 1. The van der Waals surface area contributed by atoms with Gasteiger partial charge in [0, 0.05) is 13.8 Å². The van der Waals surface area contributed by atoms with Gasteiger partial charge in [-0.3, -0.25) is 37.5 Å². The maximum absolute atomic E-state index is 13.2. The number of phosphoric acid groups is 1. The molecule has 0 saturated carbocycles. The summed E-state index contributed by atoms with van der Waals surface area (Å²) in [4.78, 5) is 76.4. The van der Waals surface area contributed by atoms with Crippen molar-refractivity contribution in [3.05, 3.63) is 33.5 Å². The van der Waals surface area contributed by atoms with E-state index in [0.717, 1.165) is 35.6 Å². The van der Waals surface area contributed by atoms with Gasteiger partial charge in [0.05, 0.1) is 19.5 Å². The first-order valence-electron chi connectivity index (χ1n) is 13.2. The zero-order valence-electron chi connectivity index (χ0n) is 23.8. The average Bonchev–Trinajstić information content (AvgIpc) is 3.61. The molecule has 0 bridgehead atoms. The number of hydrogen-bond acceptors (Lipinski definition) is 19. The summed E-state index contributed by atoms with van der Waals surface area (Å²) < 4.78 is 47.3. The monoisotopic (exact) mass is 673 g/mol. The molecule has 5 rings (SSSR count). The number of carbonyl (C=O) groups is 2. The van der Waals surface area contributed by atoms with Gasteiger partial charge < -0.3 is 45.5 Å². The van der Waals surface area contributed by atoms with Crippen LogP contribution in [0.5, 0.6) is 0 Å². The van der Waals surface area contributed by atoms with E-state index in [0.29, 0.717) is 0 Å². The van der Waals surface area contributed by atoms with E-state index in [2.05, 4.69) is 24.9 Å². The number of nitrogens with zero attached hydrogens (tertiary/aromatic N) is 6. The summed E-state index contributed by atoms with van der Waals surface area (Å²) >= 11 is 0. The second-order valence-electron chi connectivity index (χ2n) is 9.97. The predicted molar refractivity (Wildman–Crippen MR) is 146 cm³/mol. The third-order valence-electron chi connectivity index (χ3n) is 6.78. The Balaban J connectivity index is 1.36. The van der Waals surface area contributed by atoms with Gasteiger partial charge in [-0.15, -0.1) is 0 Å². The number of nitrogens with two attached hydrogens (primary N) is 2. The Kier molecular flexibility index (Phi) is 9.19. The molecule has 2 aliphatic rings. The lowest BCUT2D eigenvalue weighted by Crippen LogP contribution is -2.40. The van der Waals surface area contributed by atoms with E-state index in [1.807, 2.05) is 0 Å². The van der Waals surface area contributed by atoms with E-state index in [1.165, 1.54) is 0 Å². The van der Waals surface area contributed by atoms with Crippen LogP contribution in [0.15, 0.2) is 22.2 Å². The molecule has 3 aromatic heterocycles. The van der Waals surface area contributed by atoms with E-state index in [-0.39, 0.29) is 23.1 Å². The molecular weight excluding hydrogens is 645 g/mol. The summed E-state index contributed by atoms with van der Waals surface area (Å²) in [5.41, 5.74) is 9.14. The SMILES string of the molecule is CC(=O)O[C@H]1[C@@H](O)[C@@H](COP(=O)(O)O[C@@H]2[C@H](OC(C)=O)[C@H](n3cnc4c(=O)[nH]c(N)nc43)O[C@@H]2CO)O[C@H]1n1cnc(N)nc1=O. The molecule has 0 aromatic carbocycles. The van der Waals surface area contributed by atoms with E-state index >= 15 is 0 Å². The summed E-state index contributed by atoms with van der Waals surface area (Å²) in [5.74, 6) is -2.36. The molecule has 250 valence electrons. The molecule has 5 heterocycles. The smallest absolute Gasteiger partial charge is 0.455 e. The molecule has 0 amide bonds. The number of phosphoric ester groups is 1. The second kappa shape index (κ2) is 12.8. The van der Waals surface area contributed by atoms with Crippen molar-refractivity contribution in [1.29, 1.82) is 0 Å². The van der Waals surface area contributed by atoms with Crippen LogP contribution in [0.3, 0.4) is 0 Å². The quantitative estimate of drug-likeness (QED) is 0.0895. The third kappa shape index (κ3) is 6.61. The summed E-state index contributed by atoms with van der Waals surface area (Å²) in [6.45, 7) is 0.394. The number of aliphatic hydroxyl groups excluding tert-OH is 2. The number of ether oxygens (including phenoxy) is 4. The Hall–Kier alpha value is -4.35. The van der Waals surface area contributed by atoms with Crippen molar-refractivity contribution in [1.82, 2.24) is 34.1 Å². The third-order valence-corrected chi connectivity index (χ3v) is 7.77. The molecule has 2 aliphatic heterocycles. The average molecular weight is 673 g/mol. The van der Waals surface area contributed by atoms with E-state index < -0.39 is 93.3 Å². The first kappa shape index (κ1) is 33.0. The Labute approximate surface area is 255 Å². The minimum Gasteiger partial charge on any atom is -0.455 e. The maximum atomic E-state index is 13.2. The Morgan fingerprint density at radius 1 is 1.00 bits per heavy atom. The molecule has 0 radical (unpaired) electrons. The highest BCUT2D eigenvalue weighted by atomic mass is 31.2. The molecular formula is C22H28N9O14P. The number of aromatic nitrogens is 7. The van der Waals surface area contributed by atoms with Gasteiger partial charge >= 0.3 is 25.5 Å². The highest BCUT2D eigenvalue weighted by molar-refractivity contribution is 7.47. The number of nitrogens with one attached hydrogen (secondary N) is 1. The molecule has 9 atom stereocenters. The minimum atomic E-state index is -5.18. The largest absolute Gasteiger partial charge is 0.472 e. The Morgan fingerprint density at radius 2 is 1.63 bits per heavy atom. The fourth-order valence-corrected chi connectivity index (χ4v) is 5.89. The lowest BCUT2D eigenvalue weighted by molar-refractivity contribution is -0.156. The topological polar surface area (TPSA) is 331 Å². The number of rotatable bonds is 10. The molecule has 8 N–H and O–H groups in total. The zero-order valence-corrected chi connectivity index (χ0v) is 24.7. The molecule has 3 aromatic rings. The fourth-order valence-electron chi connectivity index (χ4n) is 4.93. The molecule has 2 fully saturated rings. The number of anilines is 2. The standard InChI is InChI=1S/C22H28N9O14P/c1-7(33)41-14-12(35)10(44-18(14)31-6-26-20(23)29-22(31)37)4-40-46(38,39)45-13-9(3-32)43-19(15(13)42-8(2)34)30-5-25-11-16(30)27-21(24)28-17(11)36/h5-6,9-10,12-15,18-19,32,35H,3-4H2,1-2H3,(H,38,39)(H2,23,29,37)(H3,24,27,28,36)/t9-,10-,12+,13+,14+,15+,18-,19-/m1/s1. The lowest BCUT2D eigenvalue weighted by Gasteiger charge is -2.26. The van der Waals surface area contributed by atoms with Crippen LogP contribution in [0, 0.1) is 0 Å². The molecule has 23 nitrogen and oxygen atoms in total. The molecule has 46 heavy (non-hydrogen) atoms. The van der Waals surface area contributed by atoms with Gasteiger partial charge in [0.15, 0.2) is 35.8 Å². The first-order chi connectivity index (χ1) is 21.7. The van der Waals surface area contributed by atoms with Crippen molar-refractivity contribution < 1.29 is 57.3 Å². The van der Waals surface area contributed by atoms with Crippen molar-refractivity contribution in [2.75, 3.05) is 24.7 Å². The molecule has 0 spiro atoms. The van der Waals surface area contributed by atoms with Gasteiger partial charge in [-0.25, -0.2) is 19.3 Å². The maximum Gasteiger partial charge on any atom is 0.472 e. The number of esters is 2. The van der Waals surface area contributed by atoms with Crippen LogP contribution >= 0.6 is 7.82 Å². The van der Waals surface area contributed by atoms with Crippen LogP contribution in [0.1, 0.15) is 26.3 Å². The van der Waals surface area contributed by atoms with Crippen LogP contribution < -0.4 is 22.7 Å². The van der Waals surface area contributed by atoms with Crippen molar-refractivity contribution in [2.45, 2.75) is 62.9 Å². The van der Waals surface area contributed by atoms with Gasteiger partial charge in [0.25, 0.3) is 5.56 Å². The van der Waals surface area contributed by atoms with Crippen LogP contribution in [0.4, 0.5) is 11.9 Å². The normalized spacial score (nSPS) is 29.1. The van der Waals surface area contributed by atoms with Gasteiger partial charge in [-0.2, -0.15) is 9.97 Å².